The number of carbonyl (C=O) groups excluding carboxylic acids is 1. The summed E-state index contributed by atoms with van der Waals surface area (Å²) >= 11 is 0. The molecule has 2 rings (SSSR count). The number of ether oxygens (including phenoxy) is 1. The van der Waals surface area contributed by atoms with Crippen LogP contribution in [0.5, 0.6) is 5.75 Å². The summed E-state index contributed by atoms with van der Waals surface area (Å²) in [7, 11) is 0. The molecule has 4 heteroatoms. The first kappa shape index (κ1) is 13.9. The van der Waals surface area contributed by atoms with Crippen molar-refractivity contribution < 1.29 is 14.6 Å². The topological polar surface area (TPSA) is 49.8 Å². The minimum Gasteiger partial charge on any atom is -0.493 e. The number of likely N-dealkylation sites (tertiary alicyclic amines) is 1. The third-order valence-electron chi connectivity index (χ3n) is 3.43. The molecule has 0 aromatic heterocycles. The van der Waals surface area contributed by atoms with Gasteiger partial charge in [-0.3, -0.25) is 4.79 Å². The van der Waals surface area contributed by atoms with Crippen molar-refractivity contribution >= 4 is 5.91 Å². The fourth-order valence-corrected chi connectivity index (χ4v) is 2.24. The number of aliphatic hydroxyl groups is 1. The van der Waals surface area contributed by atoms with Gasteiger partial charge in [0.25, 0.3) is 0 Å². The van der Waals surface area contributed by atoms with Crippen LogP contribution < -0.4 is 4.74 Å². The van der Waals surface area contributed by atoms with Crippen LogP contribution in [0, 0.1) is 13.8 Å². The standard InChI is InChI=1S/C15H21NO3/c1-11-3-4-12(2)14(9-11)19-8-6-15(18)16-7-5-13(17)10-16/h3-4,9,13,17H,5-8,10H2,1-2H3/t13-/m1/s1. The van der Waals surface area contributed by atoms with Gasteiger partial charge in [0.1, 0.15) is 5.75 Å². The fraction of sp³-hybridized carbons (Fsp3) is 0.533. The molecule has 19 heavy (non-hydrogen) atoms. The van der Waals surface area contributed by atoms with E-state index in [9.17, 15) is 9.90 Å². The molecular weight excluding hydrogens is 242 g/mol. The monoisotopic (exact) mass is 263 g/mol. The Kier molecular flexibility index (Phi) is 4.43. The first-order chi connectivity index (χ1) is 9.06. The van der Waals surface area contributed by atoms with E-state index in [4.69, 9.17) is 4.74 Å². The molecule has 0 spiro atoms. The number of β-amino-alcohol motifs (C(OH)–C–C–N with tert-alkyl or cyclic N) is 1. The number of benzene rings is 1. The Balaban J connectivity index is 1.80. The third kappa shape index (κ3) is 3.70. The van der Waals surface area contributed by atoms with E-state index in [-0.39, 0.29) is 12.0 Å². The number of aryl methyl sites for hydroxylation is 2. The second-order valence-corrected chi connectivity index (χ2v) is 5.15. The number of amides is 1. The number of carbonyl (C=O) groups is 1. The van der Waals surface area contributed by atoms with Gasteiger partial charge in [-0.05, 0) is 37.5 Å². The van der Waals surface area contributed by atoms with Crippen molar-refractivity contribution in [3.05, 3.63) is 29.3 Å². The smallest absolute Gasteiger partial charge is 0.226 e. The quantitative estimate of drug-likeness (QED) is 0.899. The minimum absolute atomic E-state index is 0.0573. The summed E-state index contributed by atoms with van der Waals surface area (Å²) in [5.74, 6) is 0.899. The first-order valence-corrected chi connectivity index (χ1v) is 6.72. The van der Waals surface area contributed by atoms with Crippen molar-refractivity contribution in [2.24, 2.45) is 0 Å². The molecule has 1 saturated heterocycles. The van der Waals surface area contributed by atoms with Crippen LogP contribution in [-0.4, -0.2) is 41.7 Å². The van der Waals surface area contributed by atoms with Crippen LogP contribution in [-0.2, 0) is 4.79 Å². The highest BCUT2D eigenvalue weighted by atomic mass is 16.5. The number of nitrogens with zero attached hydrogens (tertiary/aromatic N) is 1. The molecule has 4 nitrogen and oxygen atoms in total. The summed E-state index contributed by atoms with van der Waals surface area (Å²) in [6.07, 6.45) is 0.688. The summed E-state index contributed by atoms with van der Waals surface area (Å²) in [5.41, 5.74) is 2.23. The van der Waals surface area contributed by atoms with E-state index in [1.807, 2.05) is 32.0 Å². The second-order valence-electron chi connectivity index (χ2n) is 5.15. The van der Waals surface area contributed by atoms with Crippen LogP contribution in [0.2, 0.25) is 0 Å². The SMILES string of the molecule is Cc1ccc(C)c(OCCC(=O)N2CC[C@@H](O)C2)c1. The molecule has 1 aromatic carbocycles. The average Bonchev–Trinajstić information content (AvgIpc) is 2.80. The average molecular weight is 263 g/mol. The van der Waals surface area contributed by atoms with Crippen molar-refractivity contribution in [3.8, 4) is 5.75 Å². The Hall–Kier alpha value is -1.55. The zero-order chi connectivity index (χ0) is 13.8. The molecule has 0 saturated carbocycles. The van der Waals surface area contributed by atoms with E-state index >= 15 is 0 Å². The Morgan fingerprint density at radius 2 is 2.26 bits per heavy atom. The third-order valence-corrected chi connectivity index (χ3v) is 3.43. The Labute approximate surface area is 114 Å². The number of aliphatic hydroxyl groups excluding tert-OH is 1. The lowest BCUT2D eigenvalue weighted by Gasteiger charge is -2.16. The van der Waals surface area contributed by atoms with Crippen molar-refractivity contribution in [2.45, 2.75) is 32.8 Å². The summed E-state index contributed by atoms with van der Waals surface area (Å²) in [5, 5.41) is 9.39. The highest BCUT2D eigenvalue weighted by Crippen LogP contribution is 2.19. The fourth-order valence-electron chi connectivity index (χ4n) is 2.24. The zero-order valence-electron chi connectivity index (χ0n) is 11.6. The molecule has 0 radical (unpaired) electrons. The lowest BCUT2D eigenvalue weighted by atomic mass is 10.1. The molecule has 0 bridgehead atoms. The molecular formula is C15H21NO3. The molecule has 1 atom stereocenters. The van der Waals surface area contributed by atoms with Gasteiger partial charge in [0.05, 0.1) is 19.1 Å². The van der Waals surface area contributed by atoms with Gasteiger partial charge < -0.3 is 14.7 Å². The molecule has 1 aliphatic heterocycles. The largest absolute Gasteiger partial charge is 0.493 e. The van der Waals surface area contributed by atoms with Crippen molar-refractivity contribution in [3.63, 3.8) is 0 Å². The van der Waals surface area contributed by atoms with Crippen molar-refractivity contribution in [1.82, 2.24) is 4.90 Å². The van der Waals surface area contributed by atoms with Gasteiger partial charge in [-0.2, -0.15) is 0 Å². The summed E-state index contributed by atoms with van der Waals surface area (Å²) < 4.78 is 5.66. The molecule has 1 heterocycles. The lowest BCUT2D eigenvalue weighted by molar-refractivity contribution is -0.131. The van der Waals surface area contributed by atoms with Crippen LogP contribution in [0.1, 0.15) is 24.0 Å². The van der Waals surface area contributed by atoms with Gasteiger partial charge in [-0.25, -0.2) is 0 Å². The molecule has 0 aliphatic carbocycles. The van der Waals surface area contributed by atoms with E-state index in [2.05, 4.69) is 0 Å². The minimum atomic E-state index is -0.358. The van der Waals surface area contributed by atoms with Crippen molar-refractivity contribution in [1.29, 1.82) is 0 Å². The molecule has 1 N–H and O–H groups in total. The lowest BCUT2D eigenvalue weighted by Crippen LogP contribution is -2.30. The van der Waals surface area contributed by atoms with Crippen LogP contribution in [0.25, 0.3) is 0 Å². The normalized spacial score (nSPS) is 18.7. The molecule has 1 aliphatic rings. The Morgan fingerprint density at radius 1 is 1.47 bits per heavy atom. The molecule has 1 amide bonds. The van der Waals surface area contributed by atoms with Crippen LogP contribution in [0.3, 0.4) is 0 Å². The molecule has 104 valence electrons. The number of hydrogen-bond donors (Lipinski definition) is 1. The first-order valence-electron chi connectivity index (χ1n) is 6.72. The van der Waals surface area contributed by atoms with Gasteiger partial charge in [-0.1, -0.05) is 12.1 Å². The molecule has 1 fully saturated rings. The molecule has 0 unspecified atom stereocenters. The van der Waals surface area contributed by atoms with Gasteiger partial charge in [0.2, 0.25) is 5.91 Å². The Bertz CT molecular complexity index is 459. The highest BCUT2D eigenvalue weighted by Gasteiger charge is 2.24. The summed E-state index contributed by atoms with van der Waals surface area (Å²) in [4.78, 5) is 13.6. The predicted octanol–water partition coefficient (Wildman–Crippen LogP) is 1.67. The zero-order valence-corrected chi connectivity index (χ0v) is 11.6. The van der Waals surface area contributed by atoms with Crippen LogP contribution in [0.4, 0.5) is 0 Å². The van der Waals surface area contributed by atoms with Gasteiger partial charge in [-0.15, -0.1) is 0 Å². The van der Waals surface area contributed by atoms with E-state index in [0.717, 1.165) is 16.9 Å². The second kappa shape index (κ2) is 6.06. The van der Waals surface area contributed by atoms with E-state index < -0.39 is 0 Å². The summed E-state index contributed by atoms with van der Waals surface area (Å²) in [6.45, 7) is 5.51. The van der Waals surface area contributed by atoms with Gasteiger partial charge in [0, 0.05) is 13.1 Å². The van der Waals surface area contributed by atoms with Crippen LogP contribution in [0.15, 0.2) is 18.2 Å². The number of rotatable bonds is 4. The van der Waals surface area contributed by atoms with E-state index in [0.29, 0.717) is 32.5 Å². The van der Waals surface area contributed by atoms with Gasteiger partial charge >= 0.3 is 0 Å². The highest BCUT2D eigenvalue weighted by molar-refractivity contribution is 5.76. The van der Waals surface area contributed by atoms with E-state index in [1.54, 1.807) is 4.90 Å². The van der Waals surface area contributed by atoms with Gasteiger partial charge in [0.15, 0.2) is 0 Å². The Morgan fingerprint density at radius 3 is 2.95 bits per heavy atom. The number of hydrogen-bond acceptors (Lipinski definition) is 3. The maximum Gasteiger partial charge on any atom is 0.226 e. The summed E-state index contributed by atoms with van der Waals surface area (Å²) in [6, 6.07) is 6.04. The van der Waals surface area contributed by atoms with Crippen LogP contribution >= 0.6 is 0 Å². The molecule has 1 aromatic rings. The van der Waals surface area contributed by atoms with Crippen molar-refractivity contribution in [2.75, 3.05) is 19.7 Å². The van der Waals surface area contributed by atoms with E-state index in [1.165, 1.54) is 0 Å². The maximum atomic E-state index is 11.9. The maximum absolute atomic E-state index is 11.9. The predicted molar refractivity (Wildman–Crippen MR) is 73.2 cm³/mol.